The van der Waals surface area contributed by atoms with Gasteiger partial charge in [-0.1, -0.05) is 39.8 Å². The molecule has 0 aliphatic carbocycles. The molecule has 0 atom stereocenters. The molecule has 0 aliphatic heterocycles. The van der Waals surface area contributed by atoms with Gasteiger partial charge in [-0.15, -0.1) is 10.2 Å². The molecule has 7 nitrogen and oxygen atoms in total. The minimum Gasteiger partial charge on any atom is -0.497 e. The molecule has 34 heavy (non-hydrogen) atoms. The van der Waals surface area contributed by atoms with Crippen molar-refractivity contribution in [1.29, 1.82) is 0 Å². The highest BCUT2D eigenvalue weighted by Crippen LogP contribution is 2.30. The van der Waals surface area contributed by atoms with E-state index in [1.807, 2.05) is 78.2 Å². The lowest BCUT2D eigenvalue weighted by atomic mass is 10.2. The van der Waals surface area contributed by atoms with Gasteiger partial charge in [-0.05, 0) is 67.1 Å². The fourth-order valence-electron chi connectivity index (χ4n) is 3.33. The standard InChI is InChI=1S/C25H23BrN4O3S/c1-16-13-18(7-12-22(16)26)27-23(31)15-34-25-29-28-24(17-5-4-6-21(14-17)33-3)30(25)19-8-10-20(32-2)11-9-19/h4-14H,15H2,1-3H3,(H,27,31). The predicted octanol–water partition coefficient (Wildman–Crippen LogP) is 5.75. The molecule has 1 heterocycles. The Morgan fingerprint density at radius 2 is 1.76 bits per heavy atom. The second-order valence-corrected chi connectivity index (χ2v) is 9.17. The van der Waals surface area contributed by atoms with Crippen molar-refractivity contribution in [1.82, 2.24) is 14.8 Å². The van der Waals surface area contributed by atoms with Crippen LogP contribution in [0.5, 0.6) is 11.5 Å². The van der Waals surface area contributed by atoms with E-state index in [4.69, 9.17) is 9.47 Å². The number of hydrogen-bond donors (Lipinski definition) is 1. The summed E-state index contributed by atoms with van der Waals surface area (Å²) in [4.78, 5) is 12.6. The Hall–Kier alpha value is -3.30. The van der Waals surface area contributed by atoms with Crippen LogP contribution in [0.25, 0.3) is 17.1 Å². The van der Waals surface area contributed by atoms with E-state index in [0.29, 0.717) is 11.0 Å². The van der Waals surface area contributed by atoms with Crippen LogP contribution in [0.15, 0.2) is 76.4 Å². The maximum Gasteiger partial charge on any atom is 0.234 e. The van der Waals surface area contributed by atoms with Crippen LogP contribution in [-0.4, -0.2) is 40.6 Å². The number of amides is 1. The van der Waals surface area contributed by atoms with Crippen molar-refractivity contribution < 1.29 is 14.3 Å². The van der Waals surface area contributed by atoms with Gasteiger partial charge in [0, 0.05) is 21.4 Å². The lowest BCUT2D eigenvalue weighted by Crippen LogP contribution is -2.14. The molecule has 0 radical (unpaired) electrons. The molecule has 1 amide bonds. The number of nitrogens with zero attached hydrogens (tertiary/aromatic N) is 3. The van der Waals surface area contributed by atoms with E-state index in [1.165, 1.54) is 11.8 Å². The molecule has 0 bridgehead atoms. The maximum absolute atomic E-state index is 12.6. The highest BCUT2D eigenvalue weighted by molar-refractivity contribution is 9.10. The minimum atomic E-state index is -0.126. The molecule has 174 valence electrons. The fourth-order valence-corrected chi connectivity index (χ4v) is 4.32. The smallest absolute Gasteiger partial charge is 0.234 e. The Balaban J connectivity index is 1.61. The topological polar surface area (TPSA) is 78.3 Å². The molecule has 0 spiro atoms. The number of aryl methyl sites for hydroxylation is 1. The van der Waals surface area contributed by atoms with E-state index in [2.05, 4.69) is 31.4 Å². The number of aromatic nitrogens is 3. The number of rotatable bonds is 8. The Morgan fingerprint density at radius 3 is 2.47 bits per heavy atom. The van der Waals surface area contributed by atoms with Gasteiger partial charge in [-0.2, -0.15) is 0 Å². The zero-order valence-corrected chi connectivity index (χ0v) is 21.3. The number of carbonyl (C=O) groups is 1. The molecule has 9 heteroatoms. The van der Waals surface area contributed by atoms with Crippen LogP contribution in [0.3, 0.4) is 0 Å². The molecule has 4 rings (SSSR count). The zero-order chi connectivity index (χ0) is 24.1. The largest absolute Gasteiger partial charge is 0.497 e. The van der Waals surface area contributed by atoms with E-state index in [-0.39, 0.29) is 11.7 Å². The highest BCUT2D eigenvalue weighted by atomic mass is 79.9. The molecule has 1 aromatic heterocycles. The third kappa shape index (κ3) is 5.43. The maximum atomic E-state index is 12.6. The summed E-state index contributed by atoms with van der Waals surface area (Å²) >= 11 is 4.79. The number of hydrogen-bond acceptors (Lipinski definition) is 6. The van der Waals surface area contributed by atoms with Gasteiger partial charge in [-0.3, -0.25) is 9.36 Å². The third-order valence-electron chi connectivity index (χ3n) is 5.07. The van der Waals surface area contributed by atoms with Gasteiger partial charge in [0.1, 0.15) is 11.5 Å². The molecule has 0 fully saturated rings. The minimum absolute atomic E-state index is 0.126. The van der Waals surface area contributed by atoms with Crippen molar-refractivity contribution >= 4 is 39.3 Å². The summed E-state index contributed by atoms with van der Waals surface area (Å²) in [5, 5.41) is 12.4. The van der Waals surface area contributed by atoms with Gasteiger partial charge in [0.2, 0.25) is 5.91 Å². The second kappa shape index (κ2) is 10.8. The van der Waals surface area contributed by atoms with Crippen molar-refractivity contribution in [3.8, 4) is 28.6 Å². The average Bonchev–Trinajstić information content (AvgIpc) is 3.29. The van der Waals surface area contributed by atoms with Crippen LogP contribution in [-0.2, 0) is 4.79 Å². The number of nitrogens with one attached hydrogen (secondary N) is 1. The van der Waals surface area contributed by atoms with E-state index in [9.17, 15) is 4.79 Å². The normalized spacial score (nSPS) is 10.7. The van der Waals surface area contributed by atoms with Gasteiger partial charge in [0.05, 0.1) is 20.0 Å². The van der Waals surface area contributed by atoms with Crippen LogP contribution in [0, 0.1) is 6.92 Å². The van der Waals surface area contributed by atoms with Crippen molar-refractivity contribution in [2.24, 2.45) is 0 Å². The van der Waals surface area contributed by atoms with Crippen molar-refractivity contribution in [2.75, 3.05) is 25.3 Å². The van der Waals surface area contributed by atoms with Gasteiger partial charge in [0.15, 0.2) is 11.0 Å². The van der Waals surface area contributed by atoms with Crippen LogP contribution >= 0.6 is 27.7 Å². The van der Waals surface area contributed by atoms with Crippen LogP contribution < -0.4 is 14.8 Å². The first-order chi connectivity index (χ1) is 16.5. The van der Waals surface area contributed by atoms with Gasteiger partial charge in [-0.25, -0.2) is 0 Å². The highest BCUT2D eigenvalue weighted by Gasteiger charge is 2.18. The fraction of sp³-hybridized carbons (Fsp3) is 0.160. The Morgan fingerprint density at radius 1 is 1.00 bits per heavy atom. The number of halogens is 1. The quantitative estimate of drug-likeness (QED) is 0.287. The first-order valence-electron chi connectivity index (χ1n) is 10.4. The number of anilines is 1. The molecular weight excluding hydrogens is 516 g/mol. The molecule has 0 saturated carbocycles. The molecule has 3 aromatic carbocycles. The number of ether oxygens (including phenoxy) is 2. The summed E-state index contributed by atoms with van der Waals surface area (Å²) < 4.78 is 13.6. The lowest BCUT2D eigenvalue weighted by molar-refractivity contribution is -0.113. The summed E-state index contributed by atoms with van der Waals surface area (Å²) in [5.41, 5.74) is 3.51. The zero-order valence-electron chi connectivity index (χ0n) is 18.9. The molecule has 0 aliphatic rings. The molecule has 4 aromatic rings. The summed E-state index contributed by atoms with van der Waals surface area (Å²) in [6, 6.07) is 20.9. The number of methoxy groups -OCH3 is 2. The monoisotopic (exact) mass is 538 g/mol. The van der Waals surface area contributed by atoms with E-state index in [0.717, 1.165) is 38.5 Å². The van der Waals surface area contributed by atoms with Crippen molar-refractivity contribution in [2.45, 2.75) is 12.1 Å². The Labute approximate surface area is 210 Å². The second-order valence-electron chi connectivity index (χ2n) is 7.37. The molecule has 0 unspecified atom stereocenters. The van der Waals surface area contributed by atoms with Gasteiger partial charge >= 0.3 is 0 Å². The Bertz CT molecular complexity index is 1310. The SMILES string of the molecule is COc1ccc(-n2c(SCC(=O)Nc3ccc(Br)c(C)c3)nnc2-c2cccc(OC)c2)cc1. The van der Waals surface area contributed by atoms with Crippen LogP contribution in [0.4, 0.5) is 5.69 Å². The van der Waals surface area contributed by atoms with Crippen molar-refractivity contribution in [3.63, 3.8) is 0 Å². The van der Waals surface area contributed by atoms with E-state index in [1.54, 1.807) is 14.2 Å². The summed E-state index contributed by atoms with van der Waals surface area (Å²) in [6.07, 6.45) is 0. The number of benzene rings is 3. The third-order valence-corrected chi connectivity index (χ3v) is 6.88. The molecular formula is C25H23BrN4O3S. The first kappa shape index (κ1) is 23.8. The predicted molar refractivity (Wildman–Crippen MR) is 138 cm³/mol. The summed E-state index contributed by atoms with van der Waals surface area (Å²) in [5.74, 6) is 2.18. The number of thioether (sulfide) groups is 1. The first-order valence-corrected chi connectivity index (χ1v) is 12.2. The van der Waals surface area contributed by atoms with Crippen LogP contribution in [0.1, 0.15) is 5.56 Å². The molecule has 1 N–H and O–H groups in total. The summed E-state index contributed by atoms with van der Waals surface area (Å²) in [6.45, 7) is 1.98. The van der Waals surface area contributed by atoms with Gasteiger partial charge in [0.25, 0.3) is 0 Å². The van der Waals surface area contributed by atoms with Crippen LogP contribution in [0.2, 0.25) is 0 Å². The molecule has 0 saturated heterocycles. The van der Waals surface area contributed by atoms with E-state index < -0.39 is 0 Å². The average molecular weight is 539 g/mol. The lowest BCUT2D eigenvalue weighted by Gasteiger charge is -2.12. The van der Waals surface area contributed by atoms with Gasteiger partial charge < -0.3 is 14.8 Å². The number of carbonyl (C=O) groups excluding carboxylic acids is 1. The Kier molecular flexibility index (Phi) is 7.54. The van der Waals surface area contributed by atoms with Crippen molar-refractivity contribution in [3.05, 3.63) is 76.8 Å². The van der Waals surface area contributed by atoms with E-state index >= 15 is 0 Å². The summed E-state index contributed by atoms with van der Waals surface area (Å²) in [7, 11) is 3.25.